The van der Waals surface area contributed by atoms with Crippen LogP contribution in [-0.4, -0.2) is 33.4 Å². The fourth-order valence-corrected chi connectivity index (χ4v) is 2.44. The number of aliphatic hydroxyl groups excluding tert-OH is 1. The van der Waals surface area contributed by atoms with Crippen molar-refractivity contribution in [2.45, 2.75) is 26.5 Å². The molecule has 108 valence electrons. The first-order valence-electron chi connectivity index (χ1n) is 6.87. The van der Waals surface area contributed by atoms with Gasteiger partial charge in [0.1, 0.15) is 0 Å². The van der Waals surface area contributed by atoms with E-state index in [9.17, 15) is 5.11 Å². The first-order valence-corrected chi connectivity index (χ1v) is 6.87. The molecule has 1 aromatic heterocycles. The average Bonchev–Trinajstić information content (AvgIpc) is 2.77. The van der Waals surface area contributed by atoms with Crippen LogP contribution in [0.4, 0.5) is 0 Å². The lowest BCUT2D eigenvalue weighted by molar-refractivity contribution is 0.123. The highest BCUT2D eigenvalue weighted by atomic mass is 16.3. The third-order valence-corrected chi connectivity index (χ3v) is 3.49. The fourth-order valence-electron chi connectivity index (χ4n) is 2.44. The lowest BCUT2D eigenvalue weighted by atomic mass is 10.0. The summed E-state index contributed by atoms with van der Waals surface area (Å²) in [5.74, 6) is 0. The Labute approximate surface area is 120 Å². The van der Waals surface area contributed by atoms with E-state index in [-0.39, 0.29) is 0 Å². The van der Waals surface area contributed by atoms with E-state index in [4.69, 9.17) is 0 Å². The van der Waals surface area contributed by atoms with Crippen LogP contribution in [0.25, 0.3) is 0 Å². The quantitative estimate of drug-likeness (QED) is 0.908. The number of aliphatic hydroxyl groups is 1. The van der Waals surface area contributed by atoms with Crippen LogP contribution < -0.4 is 0 Å². The number of rotatable bonds is 5. The van der Waals surface area contributed by atoms with Crippen LogP contribution in [-0.2, 0) is 13.6 Å². The molecule has 0 aliphatic rings. The molecule has 20 heavy (non-hydrogen) atoms. The van der Waals surface area contributed by atoms with Crippen molar-refractivity contribution in [1.29, 1.82) is 0 Å². The van der Waals surface area contributed by atoms with Crippen LogP contribution in [0.15, 0.2) is 30.6 Å². The zero-order chi connectivity index (χ0) is 14.7. The number of hydrogen-bond acceptors (Lipinski definition) is 3. The number of benzene rings is 1. The third-order valence-electron chi connectivity index (χ3n) is 3.49. The molecule has 0 aliphatic carbocycles. The Morgan fingerprint density at radius 1 is 1.35 bits per heavy atom. The van der Waals surface area contributed by atoms with E-state index in [0.717, 1.165) is 23.2 Å². The number of nitrogens with zero attached hydrogens (tertiary/aromatic N) is 3. The first-order chi connectivity index (χ1) is 9.45. The minimum Gasteiger partial charge on any atom is -0.387 e. The second-order valence-corrected chi connectivity index (χ2v) is 5.59. The maximum atomic E-state index is 10.4. The van der Waals surface area contributed by atoms with Gasteiger partial charge in [0.05, 0.1) is 12.3 Å². The van der Waals surface area contributed by atoms with Crippen molar-refractivity contribution >= 4 is 0 Å². The Kier molecular flexibility index (Phi) is 4.57. The highest BCUT2D eigenvalue weighted by Crippen LogP contribution is 2.20. The molecule has 0 radical (unpaired) electrons. The topological polar surface area (TPSA) is 41.3 Å². The molecule has 1 unspecified atom stereocenters. The van der Waals surface area contributed by atoms with Gasteiger partial charge >= 0.3 is 0 Å². The fraction of sp³-hybridized carbons (Fsp3) is 0.438. The third kappa shape index (κ3) is 3.68. The molecule has 0 fully saturated rings. The van der Waals surface area contributed by atoms with Gasteiger partial charge in [0.25, 0.3) is 0 Å². The van der Waals surface area contributed by atoms with E-state index in [1.807, 2.05) is 33.4 Å². The Hall–Kier alpha value is -1.65. The highest BCUT2D eigenvalue weighted by molar-refractivity contribution is 5.32. The minimum absolute atomic E-state index is 0.462. The van der Waals surface area contributed by atoms with Crippen molar-refractivity contribution in [2.24, 2.45) is 7.05 Å². The van der Waals surface area contributed by atoms with Crippen LogP contribution in [0.1, 0.15) is 28.4 Å². The predicted molar refractivity (Wildman–Crippen MR) is 80.4 cm³/mol. The Balaban J connectivity index is 1.99. The molecule has 1 atom stereocenters. The summed E-state index contributed by atoms with van der Waals surface area (Å²) in [5, 5.41) is 14.6. The van der Waals surface area contributed by atoms with Gasteiger partial charge in [-0.05, 0) is 32.0 Å². The molecule has 2 rings (SSSR count). The molecule has 0 bridgehead atoms. The average molecular weight is 273 g/mol. The van der Waals surface area contributed by atoms with Gasteiger partial charge in [-0.2, -0.15) is 5.10 Å². The van der Waals surface area contributed by atoms with Crippen LogP contribution in [0, 0.1) is 13.8 Å². The van der Waals surface area contributed by atoms with Gasteiger partial charge in [-0.25, -0.2) is 0 Å². The molecule has 4 heteroatoms. The van der Waals surface area contributed by atoms with Gasteiger partial charge in [0.15, 0.2) is 0 Å². The maximum absolute atomic E-state index is 10.4. The van der Waals surface area contributed by atoms with E-state index >= 15 is 0 Å². The van der Waals surface area contributed by atoms with Crippen LogP contribution >= 0.6 is 0 Å². The van der Waals surface area contributed by atoms with Crippen molar-refractivity contribution in [3.8, 4) is 0 Å². The number of likely N-dealkylation sites (N-methyl/N-ethyl adjacent to an activating group) is 1. The standard InChI is InChI=1S/C16H23N3O/c1-12-5-6-13(2)15(7-12)16(20)11-18(3)9-14-8-17-19(4)10-14/h5-8,10,16,20H,9,11H2,1-4H3. The summed E-state index contributed by atoms with van der Waals surface area (Å²) in [4.78, 5) is 2.11. The highest BCUT2D eigenvalue weighted by Gasteiger charge is 2.13. The zero-order valence-corrected chi connectivity index (χ0v) is 12.7. The number of hydrogen-bond donors (Lipinski definition) is 1. The molecule has 0 saturated carbocycles. The van der Waals surface area contributed by atoms with Gasteiger partial charge in [0, 0.05) is 31.9 Å². The summed E-state index contributed by atoms with van der Waals surface area (Å²) in [7, 11) is 3.93. The predicted octanol–water partition coefficient (Wildman–Crippen LogP) is 2.20. The minimum atomic E-state index is -0.462. The second kappa shape index (κ2) is 6.20. The molecule has 0 amide bonds. The van der Waals surface area contributed by atoms with Crippen molar-refractivity contribution in [3.63, 3.8) is 0 Å². The largest absolute Gasteiger partial charge is 0.387 e. The van der Waals surface area contributed by atoms with E-state index in [1.165, 1.54) is 5.56 Å². The van der Waals surface area contributed by atoms with Crippen LogP contribution in [0.3, 0.4) is 0 Å². The van der Waals surface area contributed by atoms with Gasteiger partial charge in [-0.1, -0.05) is 23.8 Å². The summed E-state index contributed by atoms with van der Waals surface area (Å²) in [5.41, 5.74) is 4.49. The van der Waals surface area contributed by atoms with Crippen molar-refractivity contribution in [1.82, 2.24) is 14.7 Å². The molecular formula is C16H23N3O. The van der Waals surface area contributed by atoms with Gasteiger partial charge in [-0.15, -0.1) is 0 Å². The second-order valence-electron chi connectivity index (χ2n) is 5.59. The van der Waals surface area contributed by atoms with E-state index in [2.05, 4.69) is 35.1 Å². The normalized spacial score (nSPS) is 12.9. The van der Waals surface area contributed by atoms with E-state index < -0.39 is 6.10 Å². The molecule has 1 N–H and O–H groups in total. The van der Waals surface area contributed by atoms with Gasteiger partial charge < -0.3 is 5.11 Å². The molecule has 0 saturated heterocycles. The smallest absolute Gasteiger partial charge is 0.0919 e. The molecule has 0 spiro atoms. The molecule has 2 aromatic rings. The molecule has 4 nitrogen and oxygen atoms in total. The van der Waals surface area contributed by atoms with Crippen LogP contribution in [0.2, 0.25) is 0 Å². The van der Waals surface area contributed by atoms with E-state index in [0.29, 0.717) is 6.54 Å². The lowest BCUT2D eigenvalue weighted by Gasteiger charge is -2.21. The van der Waals surface area contributed by atoms with Crippen LogP contribution in [0.5, 0.6) is 0 Å². The first kappa shape index (κ1) is 14.8. The number of aromatic nitrogens is 2. The maximum Gasteiger partial charge on any atom is 0.0919 e. The Morgan fingerprint density at radius 3 is 2.75 bits per heavy atom. The van der Waals surface area contributed by atoms with Gasteiger partial charge in [0.2, 0.25) is 0 Å². The monoisotopic (exact) mass is 273 g/mol. The summed E-state index contributed by atoms with van der Waals surface area (Å²) in [6.07, 6.45) is 3.40. The summed E-state index contributed by atoms with van der Waals surface area (Å²) in [6.45, 7) is 5.49. The van der Waals surface area contributed by atoms with Crippen molar-refractivity contribution < 1.29 is 5.11 Å². The van der Waals surface area contributed by atoms with Crippen molar-refractivity contribution in [3.05, 3.63) is 52.8 Å². The zero-order valence-electron chi connectivity index (χ0n) is 12.7. The lowest BCUT2D eigenvalue weighted by Crippen LogP contribution is -2.24. The molecule has 0 aliphatic heterocycles. The summed E-state index contributed by atoms with van der Waals surface area (Å²) in [6, 6.07) is 6.21. The Bertz CT molecular complexity index is 577. The Morgan fingerprint density at radius 2 is 2.10 bits per heavy atom. The van der Waals surface area contributed by atoms with Gasteiger partial charge in [-0.3, -0.25) is 9.58 Å². The number of aryl methyl sites for hydroxylation is 3. The molecule has 1 heterocycles. The molecule has 1 aromatic carbocycles. The summed E-state index contributed by atoms with van der Waals surface area (Å²) >= 11 is 0. The van der Waals surface area contributed by atoms with E-state index in [1.54, 1.807) is 4.68 Å². The summed E-state index contributed by atoms with van der Waals surface area (Å²) < 4.78 is 1.80. The van der Waals surface area contributed by atoms with Crippen molar-refractivity contribution in [2.75, 3.05) is 13.6 Å². The SMILES string of the molecule is Cc1ccc(C)c(C(O)CN(C)Cc2cnn(C)c2)c1. The molecular weight excluding hydrogens is 250 g/mol.